The van der Waals surface area contributed by atoms with Gasteiger partial charge in [0.2, 0.25) is 5.91 Å². The fourth-order valence-corrected chi connectivity index (χ4v) is 2.48. The predicted molar refractivity (Wildman–Crippen MR) is 64.6 cm³/mol. The van der Waals surface area contributed by atoms with Gasteiger partial charge in [-0.3, -0.25) is 4.79 Å². The molecule has 4 nitrogen and oxygen atoms in total. The number of hydrogen-bond acceptors (Lipinski definition) is 3. The Morgan fingerprint density at radius 2 is 2.19 bits per heavy atom. The van der Waals surface area contributed by atoms with Crippen LogP contribution in [-0.4, -0.2) is 46.5 Å². The molecule has 0 aliphatic carbocycles. The monoisotopic (exact) mass is 245 g/mol. The van der Waals surface area contributed by atoms with E-state index in [0.717, 1.165) is 25.0 Å². The van der Waals surface area contributed by atoms with Gasteiger partial charge in [-0.1, -0.05) is 0 Å². The lowest BCUT2D eigenvalue weighted by atomic mass is 10.2. The van der Waals surface area contributed by atoms with E-state index in [1.165, 1.54) is 4.90 Å². The van der Waals surface area contributed by atoms with Crippen LogP contribution in [0.4, 0.5) is 0 Å². The summed E-state index contributed by atoms with van der Waals surface area (Å²) in [4.78, 5) is 24.2. The summed E-state index contributed by atoms with van der Waals surface area (Å²) in [6, 6.07) is -0.576. The van der Waals surface area contributed by atoms with Crippen molar-refractivity contribution in [3.05, 3.63) is 0 Å². The maximum Gasteiger partial charge on any atom is 0.326 e. The van der Waals surface area contributed by atoms with Crippen molar-refractivity contribution < 1.29 is 14.7 Å². The SMILES string of the molecule is CSCCCCC(=O)N1CCCC1C(=O)O. The van der Waals surface area contributed by atoms with Crippen molar-refractivity contribution in [2.75, 3.05) is 18.6 Å². The van der Waals surface area contributed by atoms with Crippen LogP contribution in [0.15, 0.2) is 0 Å². The first-order valence-corrected chi connectivity index (χ1v) is 7.07. The molecule has 16 heavy (non-hydrogen) atoms. The zero-order chi connectivity index (χ0) is 12.0. The van der Waals surface area contributed by atoms with Gasteiger partial charge in [-0.25, -0.2) is 4.79 Å². The minimum absolute atomic E-state index is 0.00556. The molecule has 0 aromatic rings. The highest BCUT2D eigenvalue weighted by Crippen LogP contribution is 2.19. The van der Waals surface area contributed by atoms with Gasteiger partial charge in [0, 0.05) is 13.0 Å². The molecule has 1 rings (SSSR count). The van der Waals surface area contributed by atoms with Crippen molar-refractivity contribution in [1.29, 1.82) is 0 Å². The largest absolute Gasteiger partial charge is 0.480 e. The van der Waals surface area contributed by atoms with Crippen molar-refractivity contribution in [1.82, 2.24) is 4.90 Å². The van der Waals surface area contributed by atoms with Gasteiger partial charge >= 0.3 is 5.97 Å². The van der Waals surface area contributed by atoms with Gasteiger partial charge in [-0.15, -0.1) is 0 Å². The lowest BCUT2D eigenvalue weighted by Gasteiger charge is -2.21. The van der Waals surface area contributed by atoms with Gasteiger partial charge in [0.05, 0.1) is 0 Å². The summed E-state index contributed by atoms with van der Waals surface area (Å²) in [5.41, 5.74) is 0. The Labute approximate surface area is 100 Å². The van der Waals surface area contributed by atoms with Crippen LogP contribution in [0.3, 0.4) is 0 Å². The smallest absolute Gasteiger partial charge is 0.326 e. The summed E-state index contributed by atoms with van der Waals surface area (Å²) >= 11 is 1.77. The molecule has 5 heteroatoms. The van der Waals surface area contributed by atoms with Crippen LogP contribution < -0.4 is 0 Å². The fourth-order valence-electron chi connectivity index (χ4n) is 1.99. The molecule has 0 aromatic carbocycles. The average molecular weight is 245 g/mol. The van der Waals surface area contributed by atoms with Crippen LogP contribution in [0, 0.1) is 0 Å². The quantitative estimate of drug-likeness (QED) is 0.722. The Morgan fingerprint density at radius 3 is 2.81 bits per heavy atom. The molecule has 1 atom stereocenters. The topological polar surface area (TPSA) is 57.6 Å². The highest BCUT2D eigenvalue weighted by molar-refractivity contribution is 7.98. The third-order valence-corrected chi connectivity index (χ3v) is 3.54. The molecular formula is C11H19NO3S. The minimum atomic E-state index is -0.866. The second kappa shape index (κ2) is 6.78. The van der Waals surface area contributed by atoms with E-state index in [0.29, 0.717) is 19.4 Å². The van der Waals surface area contributed by atoms with Gasteiger partial charge in [-0.05, 0) is 37.7 Å². The Bertz CT molecular complexity index is 258. The molecule has 0 radical (unpaired) electrons. The van der Waals surface area contributed by atoms with E-state index >= 15 is 0 Å². The highest BCUT2D eigenvalue weighted by atomic mass is 32.2. The number of aliphatic carboxylic acids is 1. The van der Waals surface area contributed by atoms with Crippen LogP contribution in [0.2, 0.25) is 0 Å². The summed E-state index contributed by atoms with van der Waals surface area (Å²) in [6.07, 6.45) is 5.84. The van der Waals surface area contributed by atoms with E-state index in [2.05, 4.69) is 0 Å². The third kappa shape index (κ3) is 3.70. The van der Waals surface area contributed by atoms with E-state index in [-0.39, 0.29) is 5.91 Å². The number of rotatable bonds is 6. The molecule has 1 saturated heterocycles. The Kier molecular flexibility index (Phi) is 5.66. The standard InChI is InChI=1S/C11H19NO3S/c1-16-8-3-2-6-10(13)12-7-4-5-9(12)11(14)15/h9H,2-8H2,1H3,(H,14,15). The second-order valence-electron chi connectivity index (χ2n) is 4.03. The van der Waals surface area contributed by atoms with Gasteiger partial charge in [0.15, 0.2) is 0 Å². The average Bonchev–Trinajstić information content (AvgIpc) is 2.73. The van der Waals surface area contributed by atoms with Crippen molar-refractivity contribution in [2.45, 2.75) is 38.1 Å². The van der Waals surface area contributed by atoms with E-state index in [1.54, 1.807) is 11.8 Å². The molecule has 0 spiro atoms. The zero-order valence-electron chi connectivity index (χ0n) is 9.65. The Morgan fingerprint density at radius 1 is 1.44 bits per heavy atom. The minimum Gasteiger partial charge on any atom is -0.480 e. The molecule has 0 saturated carbocycles. The molecule has 0 bridgehead atoms. The first-order valence-electron chi connectivity index (χ1n) is 5.68. The first-order chi connectivity index (χ1) is 7.66. The second-order valence-corrected chi connectivity index (χ2v) is 5.02. The van der Waals surface area contributed by atoms with Crippen LogP contribution in [-0.2, 0) is 9.59 Å². The summed E-state index contributed by atoms with van der Waals surface area (Å²) in [5.74, 6) is 0.205. The Hall–Kier alpha value is -0.710. The third-order valence-electron chi connectivity index (χ3n) is 2.85. The summed E-state index contributed by atoms with van der Waals surface area (Å²) in [7, 11) is 0. The molecule has 1 N–H and O–H groups in total. The number of hydrogen-bond donors (Lipinski definition) is 1. The van der Waals surface area contributed by atoms with Crippen molar-refractivity contribution in [3.8, 4) is 0 Å². The molecule has 92 valence electrons. The van der Waals surface area contributed by atoms with Crippen molar-refractivity contribution in [3.63, 3.8) is 0 Å². The van der Waals surface area contributed by atoms with Crippen LogP contribution in [0.1, 0.15) is 32.1 Å². The normalized spacial score (nSPS) is 20.1. The van der Waals surface area contributed by atoms with Gasteiger partial charge in [0.25, 0.3) is 0 Å². The number of carbonyl (C=O) groups excluding carboxylic acids is 1. The Balaban J connectivity index is 2.32. The zero-order valence-corrected chi connectivity index (χ0v) is 10.5. The first kappa shape index (κ1) is 13.4. The molecular weight excluding hydrogens is 226 g/mol. The summed E-state index contributed by atoms with van der Waals surface area (Å²) in [6.45, 7) is 0.609. The van der Waals surface area contributed by atoms with Crippen molar-refractivity contribution >= 4 is 23.6 Å². The number of likely N-dealkylation sites (tertiary alicyclic amines) is 1. The number of unbranched alkanes of at least 4 members (excludes halogenated alkanes) is 1. The number of carbonyl (C=O) groups is 2. The lowest BCUT2D eigenvalue weighted by molar-refractivity contribution is -0.148. The predicted octanol–water partition coefficient (Wildman–Crippen LogP) is 1.60. The molecule has 1 fully saturated rings. The van der Waals surface area contributed by atoms with Gasteiger partial charge < -0.3 is 10.0 Å². The number of nitrogens with zero attached hydrogens (tertiary/aromatic N) is 1. The van der Waals surface area contributed by atoms with E-state index < -0.39 is 12.0 Å². The molecule has 1 aliphatic rings. The maximum atomic E-state index is 11.8. The summed E-state index contributed by atoms with van der Waals surface area (Å²) < 4.78 is 0. The molecule has 1 unspecified atom stereocenters. The summed E-state index contributed by atoms with van der Waals surface area (Å²) in [5, 5.41) is 8.94. The number of amides is 1. The van der Waals surface area contributed by atoms with E-state index in [1.807, 2.05) is 6.26 Å². The number of carboxylic acid groups (broad SMARTS) is 1. The fraction of sp³-hybridized carbons (Fsp3) is 0.818. The number of carboxylic acids is 1. The van der Waals surface area contributed by atoms with Gasteiger partial charge in [0.1, 0.15) is 6.04 Å². The molecule has 1 amide bonds. The van der Waals surface area contributed by atoms with E-state index in [9.17, 15) is 9.59 Å². The molecule has 1 aliphatic heterocycles. The van der Waals surface area contributed by atoms with Crippen molar-refractivity contribution in [2.24, 2.45) is 0 Å². The maximum absolute atomic E-state index is 11.8. The molecule has 0 aromatic heterocycles. The lowest BCUT2D eigenvalue weighted by Crippen LogP contribution is -2.40. The highest BCUT2D eigenvalue weighted by Gasteiger charge is 2.33. The van der Waals surface area contributed by atoms with Crippen LogP contribution in [0.25, 0.3) is 0 Å². The van der Waals surface area contributed by atoms with Crippen LogP contribution >= 0.6 is 11.8 Å². The number of thioether (sulfide) groups is 1. The van der Waals surface area contributed by atoms with Gasteiger partial charge in [-0.2, -0.15) is 11.8 Å². The van der Waals surface area contributed by atoms with Crippen LogP contribution in [0.5, 0.6) is 0 Å². The van der Waals surface area contributed by atoms with E-state index in [4.69, 9.17) is 5.11 Å². The molecule has 1 heterocycles.